The van der Waals surface area contributed by atoms with E-state index in [0.717, 1.165) is 32.4 Å². The minimum absolute atomic E-state index is 0.447. The van der Waals surface area contributed by atoms with Crippen molar-refractivity contribution >= 4 is 5.97 Å². The minimum Gasteiger partial charge on any atom is -0.480 e. The van der Waals surface area contributed by atoms with Crippen LogP contribution in [0.3, 0.4) is 0 Å². The Balaban J connectivity index is 2.04. The standard InChI is InChI=1S/C15H28N2O2/c1-3-16-15(14(18)19)10-9-13(11-15)17(4-2)12-7-5-6-8-12/h12-13,16H,3-11H2,1-2H3,(H,18,19). The lowest BCUT2D eigenvalue weighted by molar-refractivity contribution is -0.144. The van der Waals surface area contributed by atoms with Crippen LogP contribution in [0.2, 0.25) is 0 Å². The molecule has 0 aliphatic heterocycles. The highest BCUT2D eigenvalue weighted by molar-refractivity contribution is 5.79. The molecule has 2 saturated carbocycles. The van der Waals surface area contributed by atoms with E-state index in [2.05, 4.69) is 17.1 Å². The molecular weight excluding hydrogens is 240 g/mol. The van der Waals surface area contributed by atoms with E-state index in [1.165, 1.54) is 25.7 Å². The highest BCUT2D eigenvalue weighted by Gasteiger charge is 2.47. The van der Waals surface area contributed by atoms with Crippen LogP contribution < -0.4 is 5.32 Å². The van der Waals surface area contributed by atoms with Crippen LogP contribution in [0, 0.1) is 0 Å². The van der Waals surface area contributed by atoms with Gasteiger partial charge in [0.1, 0.15) is 5.54 Å². The van der Waals surface area contributed by atoms with Gasteiger partial charge in [-0.05, 0) is 45.2 Å². The molecule has 0 heterocycles. The molecule has 0 amide bonds. The third-order valence-corrected chi connectivity index (χ3v) is 5.04. The number of hydrogen-bond acceptors (Lipinski definition) is 3. The van der Waals surface area contributed by atoms with E-state index >= 15 is 0 Å². The molecule has 110 valence electrons. The number of hydrogen-bond donors (Lipinski definition) is 2. The van der Waals surface area contributed by atoms with Crippen molar-refractivity contribution in [1.82, 2.24) is 10.2 Å². The van der Waals surface area contributed by atoms with Crippen LogP contribution in [0.25, 0.3) is 0 Å². The summed E-state index contributed by atoms with van der Waals surface area (Å²) in [6, 6.07) is 1.14. The first-order valence-corrected chi connectivity index (χ1v) is 7.87. The molecule has 2 aliphatic carbocycles. The molecule has 0 aromatic carbocycles. The van der Waals surface area contributed by atoms with E-state index < -0.39 is 11.5 Å². The van der Waals surface area contributed by atoms with E-state index in [1.54, 1.807) is 0 Å². The van der Waals surface area contributed by atoms with Gasteiger partial charge in [-0.15, -0.1) is 0 Å². The van der Waals surface area contributed by atoms with E-state index in [0.29, 0.717) is 12.1 Å². The van der Waals surface area contributed by atoms with Crippen LogP contribution in [0.5, 0.6) is 0 Å². The van der Waals surface area contributed by atoms with Gasteiger partial charge >= 0.3 is 5.97 Å². The normalized spacial score (nSPS) is 32.3. The molecule has 2 N–H and O–H groups in total. The van der Waals surface area contributed by atoms with Gasteiger partial charge in [0.2, 0.25) is 0 Å². The predicted molar refractivity (Wildman–Crippen MR) is 76.3 cm³/mol. The van der Waals surface area contributed by atoms with Gasteiger partial charge in [-0.1, -0.05) is 26.7 Å². The Hall–Kier alpha value is -0.610. The monoisotopic (exact) mass is 268 g/mol. The molecule has 2 unspecified atom stereocenters. The Kier molecular flexibility index (Phi) is 4.85. The molecule has 0 radical (unpaired) electrons. The molecule has 0 saturated heterocycles. The number of carboxylic acid groups (broad SMARTS) is 1. The van der Waals surface area contributed by atoms with Crippen molar-refractivity contribution in [1.29, 1.82) is 0 Å². The summed E-state index contributed by atoms with van der Waals surface area (Å²) in [4.78, 5) is 14.2. The van der Waals surface area contributed by atoms with E-state index in [4.69, 9.17) is 0 Å². The summed E-state index contributed by atoms with van der Waals surface area (Å²) >= 11 is 0. The fraction of sp³-hybridized carbons (Fsp3) is 0.933. The zero-order valence-corrected chi connectivity index (χ0v) is 12.3. The predicted octanol–water partition coefficient (Wildman–Crippen LogP) is 2.24. The van der Waals surface area contributed by atoms with Gasteiger partial charge in [0, 0.05) is 12.1 Å². The number of nitrogens with zero attached hydrogens (tertiary/aromatic N) is 1. The number of likely N-dealkylation sites (N-methyl/N-ethyl adjacent to an activating group) is 1. The van der Waals surface area contributed by atoms with Crippen molar-refractivity contribution in [2.24, 2.45) is 0 Å². The zero-order valence-electron chi connectivity index (χ0n) is 12.3. The summed E-state index contributed by atoms with van der Waals surface area (Å²) < 4.78 is 0. The Bertz CT molecular complexity index is 315. The van der Waals surface area contributed by atoms with Gasteiger partial charge < -0.3 is 10.4 Å². The maximum atomic E-state index is 11.6. The Morgan fingerprint density at radius 2 is 1.95 bits per heavy atom. The topological polar surface area (TPSA) is 52.6 Å². The summed E-state index contributed by atoms with van der Waals surface area (Å²) in [5, 5.41) is 12.8. The average molecular weight is 268 g/mol. The van der Waals surface area contributed by atoms with Crippen LogP contribution >= 0.6 is 0 Å². The first-order chi connectivity index (χ1) is 9.13. The lowest BCUT2D eigenvalue weighted by atomic mass is 9.97. The summed E-state index contributed by atoms with van der Waals surface area (Å²) in [5.41, 5.74) is -0.675. The third-order valence-electron chi connectivity index (χ3n) is 5.04. The van der Waals surface area contributed by atoms with Gasteiger partial charge in [0.15, 0.2) is 0 Å². The maximum Gasteiger partial charge on any atom is 0.323 e. The highest BCUT2D eigenvalue weighted by Crippen LogP contribution is 2.36. The maximum absolute atomic E-state index is 11.6. The quantitative estimate of drug-likeness (QED) is 0.775. The Labute approximate surface area is 116 Å². The molecule has 2 atom stereocenters. The fourth-order valence-corrected chi connectivity index (χ4v) is 4.12. The van der Waals surface area contributed by atoms with Crippen molar-refractivity contribution in [3.63, 3.8) is 0 Å². The van der Waals surface area contributed by atoms with Gasteiger partial charge in [-0.3, -0.25) is 9.69 Å². The number of rotatable bonds is 6. The molecule has 19 heavy (non-hydrogen) atoms. The molecule has 4 heteroatoms. The second kappa shape index (κ2) is 6.23. The van der Waals surface area contributed by atoms with Crippen molar-refractivity contribution in [3.8, 4) is 0 Å². The molecule has 2 aliphatic rings. The van der Waals surface area contributed by atoms with Crippen LogP contribution in [0.1, 0.15) is 58.8 Å². The number of aliphatic carboxylic acids is 1. The summed E-state index contributed by atoms with van der Waals surface area (Å²) in [5.74, 6) is -0.667. The molecule has 0 bridgehead atoms. The van der Waals surface area contributed by atoms with Crippen LogP contribution in [-0.2, 0) is 4.79 Å². The molecule has 4 nitrogen and oxygen atoms in total. The van der Waals surface area contributed by atoms with Gasteiger partial charge in [0.05, 0.1) is 0 Å². The van der Waals surface area contributed by atoms with Crippen molar-refractivity contribution in [2.75, 3.05) is 13.1 Å². The van der Waals surface area contributed by atoms with Crippen LogP contribution in [0.4, 0.5) is 0 Å². The number of nitrogens with one attached hydrogen (secondary N) is 1. The summed E-state index contributed by atoms with van der Waals surface area (Å²) in [6.45, 7) is 5.99. The first-order valence-electron chi connectivity index (χ1n) is 7.87. The van der Waals surface area contributed by atoms with E-state index in [9.17, 15) is 9.90 Å². The van der Waals surface area contributed by atoms with E-state index in [1.807, 2.05) is 6.92 Å². The fourth-order valence-electron chi connectivity index (χ4n) is 4.12. The summed E-state index contributed by atoms with van der Waals surface area (Å²) in [7, 11) is 0. The van der Waals surface area contributed by atoms with Crippen LogP contribution in [0.15, 0.2) is 0 Å². The van der Waals surface area contributed by atoms with Gasteiger partial charge in [-0.25, -0.2) is 0 Å². The first kappa shape index (κ1) is 14.8. The molecule has 0 spiro atoms. The summed E-state index contributed by atoms with van der Waals surface area (Å²) in [6.07, 6.45) is 7.82. The molecular formula is C15H28N2O2. The Morgan fingerprint density at radius 1 is 1.26 bits per heavy atom. The van der Waals surface area contributed by atoms with Crippen LogP contribution in [-0.4, -0.2) is 46.7 Å². The lowest BCUT2D eigenvalue weighted by Gasteiger charge is -2.34. The number of carbonyl (C=O) groups is 1. The third kappa shape index (κ3) is 2.95. The largest absolute Gasteiger partial charge is 0.480 e. The second-order valence-corrected chi connectivity index (χ2v) is 6.08. The Morgan fingerprint density at radius 3 is 2.47 bits per heavy atom. The second-order valence-electron chi connectivity index (χ2n) is 6.08. The SMILES string of the molecule is CCNC1(C(=O)O)CCC(N(CC)C2CCCC2)C1. The highest BCUT2D eigenvalue weighted by atomic mass is 16.4. The zero-order chi connectivity index (χ0) is 13.9. The molecule has 2 rings (SSSR count). The lowest BCUT2D eigenvalue weighted by Crippen LogP contribution is -2.52. The molecule has 2 fully saturated rings. The number of carboxylic acids is 1. The van der Waals surface area contributed by atoms with Crippen molar-refractivity contribution in [3.05, 3.63) is 0 Å². The van der Waals surface area contributed by atoms with Gasteiger partial charge in [0.25, 0.3) is 0 Å². The average Bonchev–Trinajstić information content (AvgIpc) is 3.02. The van der Waals surface area contributed by atoms with Gasteiger partial charge in [-0.2, -0.15) is 0 Å². The van der Waals surface area contributed by atoms with E-state index in [-0.39, 0.29) is 0 Å². The van der Waals surface area contributed by atoms with Crippen molar-refractivity contribution < 1.29 is 9.90 Å². The molecule has 0 aromatic rings. The van der Waals surface area contributed by atoms with Crippen molar-refractivity contribution in [2.45, 2.75) is 76.4 Å². The molecule has 0 aromatic heterocycles. The minimum atomic E-state index is -0.675. The smallest absolute Gasteiger partial charge is 0.323 e.